The molecule has 4 rings (SSSR count). The molecule has 2 saturated heterocycles. The number of carbonyl (C=O) groups excluding carboxylic acids is 2. The number of cyclic esters (lactones) is 1. The van der Waals surface area contributed by atoms with Crippen molar-refractivity contribution in [2.75, 3.05) is 13.2 Å². The highest BCUT2D eigenvalue weighted by molar-refractivity contribution is 5.90. The van der Waals surface area contributed by atoms with Crippen molar-refractivity contribution >= 4 is 11.9 Å². The Morgan fingerprint density at radius 2 is 2.29 bits per heavy atom. The van der Waals surface area contributed by atoms with E-state index < -0.39 is 5.72 Å². The minimum Gasteiger partial charge on any atom is -0.462 e. The van der Waals surface area contributed by atoms with Crippen molar-refractivity contribution in [3.63, 3.8) is 0 Å². The smallest absolute Gasteiger partial charge is 0.333 e. The number of allylic oxidation sites excluding steroid dienone is 1. The van der Waals surface area contributed by atoms with E-state index in [1.54, 1.807) is 4.90 Å². The van der Waals surface area contributed by atoms with E-state index in [0.29, 0.717) is 37.5 Å². The van der Waals surface area contributed by atoms with Crippen LogP contribution in [0.15, 0.2) is 11.6 Å². The van der Waals surface area contributed by atoms with E-state index in [1.165, 1.54) is 0 Å². The van der Waals surface area contributed by atoms with Gasteiger partial charge in [0.2, 0.25) is 5.91 Å². The van der Waals surface area contributed by atoms with Crippen LogP contribution in [0, 0.1) is 23.7 Å². The van der Waals surface area contributed by atoms with Gasteiger partial charge < -0.3 is 14.7 Å². The first kappa shape index (κ1) is 13.3. The van der Waals surface area contributed by atoms with Crippen LogP contribution in [0.25, 0.3) is 0 Å². The fraction of sp³-hybridized carbons (Fsp3) is 0.750. The summed E-state index contributed by atoms with van der Waals surface area (Å²) >= 11 is 0. The molecule has 2 aliphatic carbocycles. The predicted molar refractivity (Wildman–Crippen MR) is 73.8 cm³/mol. The molecule has 21 heavy (non-hydrogen) atoms. The van der Waals surface area contributed by atoms with Gasteiger partial charge in [0.25, 0.3) is 0 Å². The Morgan fingerprint density at radius 3 is 3.00 bits per heavy atom. The fourth-order valence-corrected chi connectivity index (χ4v) is 4.17. The Labute approximate surface area is 123 Å². The molecule has 5 unspecified atom stereocenters. The maximum Gasteiger partial charge on any atom is 0.333 e. The lowest BCUT2D eigenvalue weighted by molar-refractivity contribution is -0.151. The summed E-state index contributed by atoms with van der Waals surface area (Å²) in [4.78, 5) is 25.5. The fourth-order valence-electron chi connectivity index (χ4n) is 4.17. The van der Waals surface area contributed by atoms with E-state index in [0.717, 1.165) is 12.8 Å². The van der Waals surface area contributed by atoms with Crippen LogP contribution in [-0.4, -0.2) is 40.8 Å². The average Bonchev–Trinajstić information content (AvgIpc) is 3.29. The van der Waals surface area contributed by atoms with Gasteiger partial charge >= 0.3 is 5.97 Å². The van der Waals surface area contributed by atoms with Crippen LogP contribution in [0.1, 0.15) is 32.6 Å². The molecule has 5 atom stereocenters. The molecule has 1 amide bonds. The Bertz CT molecular complexity index is 542. The summed E-state index contributed by atoms with van der Waals surface area (Å²) in [6.07, 6.45) is 5.21. The van der Waals surface area contributed by atoms with Crippen molar-refractivity contribution in [3.8, 4) is 0 Å². The van der Waals surface area contributed by atoms with E-state index in [9.17, 15) is 14.7 Å². The third kappa shape index (κ3) is 1.86. The largest absolute Gasteiger partial charge is 0.462 e. The third-order valence-electron chi connectivity index (χ3n) is 5.86. The Balaban J connectivity index is 1.46. The maximum absolute atomic E-state index is 12.3. The van der Waals surface area contributed by atoms with E-state index in [-0.39, 0.29) is 29.6 Å². The number of likely N-dealkylation sites (tertiary alicyclic amines) is 1. The SMILES string of the molecule is CC1C(C/C=C2\CCOC2=O)C1(O)N1CCC2CC2C1=O. The molecule has 114 valence electrons. The highest BCUT2D eigenvalue weighted by atomic mass is 16.5. The van der Waals surface area contributed by atoms with Gasteiger partial charge in [0.15, 0.2) is 0 Å². The first-order chi connectivity index (χ1) is 10.0. The number of aliphatic hydroxyl groups is 1. The molecule has 0 aromatic carbocycles. The minimum atomic E-state index is -0.996. The zero-order valence-electron chi connectivity index (χ0n) is 12.2. The van der Waals surface area contributed by atoms with Crippen LogP contribution in [0.5, 0.6) is 0 Å². The summed E-state index contributed by atoms with van der Waals surface area (Å²) in [5, 5.41) is 10.9. The lowest BCUT2D eigenvalue weighted by atomic mass is 10.1. The molecule has 5 nitrogen and oxygen atoms in total. The zero-order chi connectivity index (χ0) is 14.8. The Hall–Kier alpha value is -1.36. The molecule has 4 fully saturated rings. The van der Waals surface area contributed by atoms with Gasteiger partial charge in [-0.3, -0.25) is 4.79 Å². The number of hydrogen-bond acceptors (Lipinski definition) is 4. The van der Waals surface area contributed by atoms with Crippen molar-refractivity contribution in [1.29, 1.82) is 0 Å². The third-order valence-corrected chi connectivity index (χ3v) is 5.86. The Kier molecular flexibility index (Phi) is 2.74. The average molecular weight is 291 g/mol. The van der Waals surface area contributed by atoms with Crippen molar-refractivity contribution in [3.05, 3.63) is 11.6 Å². The molecule has 0 aromatic rings. The van der Waals surface area contributed by atoms with Crippen molar-refractivity contribution in [2.45, 2.75) is 38.3 Å². The number of carbonyl (C=O) groups is 2. The molecular formula is C16H21NO4. The predicted octanol–water partition coefficient (Wildman–Crippen LogP) is 1.07. The number of hydrogen-bond donors (Lipinski definition) is 1. The number of esters is 1. The molecule has 0 bridgehead atoms. The molecule has 0 spiro atoms. The van der Waals surface area contributed by atoms with Gasteiger partial charge in [-0.2, -0.15) is 0 Å². The molecule has 2 aliphatic heterocycles. The molecule has 2 saturated carbocycles. The minimum absolute atomic E-state index is 0.0395. The van der Waals surface area contributed by atoms with E-state index in [4.69, 9.17) is 4.74 Å². The highest BCUT2D eigenvalue weighted by Gasteiger charge is 2.67. The van der Waals surface area contributed by atoms with E-state index in [2.05, 4.69) is 0 Å². The molecule has 4 aliphatic rings. The molecule has 0 radical (unpaired) electrons. The lowest BCUT2D eigenvalue weighted by Crippen LogP contribution is -2.48. The number of rotatable bonds is 3. The van der Waals surface area contributed by atoms with Gasteiger partial charge in [0.1, 0.15) is 5.72 Å². The second kappa shape index (κ2) is 4.32. The first-order valence-electron chi connectivity index (χ1n) is 7.93. The second-order valence-corrected chi connectivity index (χ2v) is 6.91. The van der Waals surface area contributed by atoms with Crippen LogP contribution in [0.2, 0.25) is 0 Å². The van der Waals surface area contributed by atoms with Crippen LogP contribution in [0.3, 0.4) is 0 Å². The van der Waals surface area contributed by atoms with Crippen molar-refractivity contribution < 1.29 is 19.4 Å². The van der Waals surface area contributed by atoms with Gasteiger partial charge in [0.05, 0.1) is 6.61 Å². The van der Waals surface area contributed by atoms with Crippen LogP contribution < -0.4 is 0 Å². The van der Waals surface area contributed by atoms with Crippen LogP contribution >= 0.6 is 0 Å². The standard InChI is InChI=1S/C16H21NO4/c1-9-13(3-2-10-5-7-21-15(10)19)16(9,20)17-6-4-11-8-12(11)14(17)18/h2,9,11-13,20H,3-8H2,1H3/b10-2+. The van der Waals surface area contributed by atoms with Crippen molar-refractivity contribution in [1.82, 2.24) is 4.90 Å². The first-order valence-corrected chi connectivity index (χ1v) is 7.93. The normalized spacial score (nSPS) is 46.6. The molecular weight excluding hydrogens is 270 g/mol. The summed E-state index contributed by atoms with van der Waals surface area (Å²) in [7, 11) is 0. The summed E-state index contributed by atoms with van der Waals surface area (Å²) in [5.41, 5.74) is -0.284. The van der Waals surface area contributed by atoms with Gasteiger partial charge in [-0.15, -0.1) is 0 Å². The van der Waals surface area contributed by atoms with Crippen LogP contribution in [0.4, 0.5) is 0 Å². The van der Waals surface area contributed by atoms with E-state index in [1.807, 2.05) is 13.0 Å². The number of piperidine rings is 1. The molecule has 5 heteroatoms. The second-order valence-electron chi connectivity index (χ2n) is 6.91. The topological polar surface area (TPSA) is 66.8 Å². The Morgan fingerprint density at radius 1 is 1.48 bits per heavy atom. The van der Waals surface area contributed by atoms with Crippen LogP contribution in [-0.2, 0) is 14.3 Å². The van der Waals surface area contributed by atoms with Gasteiger partial charge in [-0.05, 0) is 25.2 Å². The number of fused-ring (bicyclic) bond motifs is 1. The molecule has 0 aromatic heterocycles. The van der Waals surface area contributed by atoms with Gasteiger partial charge in [-0.25, -0.2) is 4.79 Å². The maximum atomic E-state index is 12.3. The van der Waals surface area contributed by atoms with Crippen molar-refractivity contribution in [2.24, 2.45) is 23.7 Å². The summed E-state index contributed by atoms with van der Waals surface area (Å²) in [6.45, 7) is 3.13. The van der Waals surface area contributed by atoms with Gasteiger partial charge in [0, 0.05) is 36.3 Å². The van der Waals surface area contributed by atoms with E-state index >= 15 is 0 Å². The number of nitrogens with zero attached hydrogens (tertiary/aromatic N) is 1. The molecule has 1 N–H and O–H groups in total. The lowest BCUT2D eigenvalue weighted by Gasteiger charge is -2.33. The monoisotopic (exact) mass is 291 g/mol. The molecule has 2 heterocycles. The zero-order valence-corrected chi connectivity index (χ0v) is 12.2. The summed E-state index contributed by atoms with van der Waals surface area (Å²) in [5.74, 6) is 0.751. The highest BCUT2D eigenvalue weighted by Crippen LogP contribution is 2.58. The number of amides is 1. The quantitative estimate of drug-likeness (QED) is 0.624. The van der Waals surface area contributed by atoms with Gasteiger partial charge in [-0.1, -0.05) is 13.0 Å². The number of ether oxygens (including phenoxy) is 1. The summed E-state index contributed by atoms with van der Waals surface area (Å²) < 4.78 is 4.92. The summed E-state index contributed by atoms with van der Waals surface area (Å²) in [6, 6.07) is 0.